The molecule has 1 atom stereocenters. The molecule has 0 spiro atoms. The Labute approximate surface area is 126 Å². The van der Waals surface area contributed by atoms with Crippen LogP contribution < -0.4 is 15.4 Å². The SMILES string of the molecule is O=C(Nc1ccc(O)c(Cl)c1)C1CNc2ccccc2O1. The summed E-state index contributed by atoms with van der Waals surface area (Å²) in [5, 5.41) is 15.4. The van der Waals surface area contributed by atoms with Crippen molar-refractivity contribution in [2.45, 2.75) is 6.10 Å². The maximum Gasteiger partial charge on any atom is 0.267 e. The highest BCUT2D eigenvalue weighted by Gasteiger charge is 2.25. The van der Waals surface area contributed by atoms with Crippen molar-refractivity contribution in [3.63, 3.8) is 0 Å². The summed E-state index contributed by atoms with van der Waals surface area (Å²) in [4.78, 5) is 12.2. The molecule has 1 heterocycles. The average molecular weight is 305 g/mol. The fraction of sp³-hybridized carbons (Fsp3) is 0.133. The first-order chi connectivity index (χ1) is 10.1. The van der Waals surface area contributed by atoms with Crippen LogP contribution >= 0.6 is 11.6 Å². The lowest BCUT2D eigenvalue weighted by molar-refractivity contribution is -0.122. The molecule has 1 unspecified atom stereocenters. The second kappa shape index (κ2) is 5.54. The van der Waals surface area contributed by atoms with Gasteiger partial charge in [-0.3, -0.25) is 4.79 Å². The third kappa shape index (κ3) is 2.87. The summed E-state index contributed by atoms with van der Waals surface area (Å²) in [5.41, 5.74) is 1.37. The maximum atomic E-state index is 12.2. The lowest BCUT2D eigenvalue weighted by Crippen LogP contribution is -2.41. The van der Waals surface area contributed by atoms with Crippen LogP contribution in [0.5, 0.6) is 11.5 Å². The molecule has 2 aromatic rings. The molecular formula is C15H13ClN2O3. The molecule has 2 aromatic carbocycles. The Balaban J connectivity index is 1.70. The Kier molecular flexibility index (Phi) is 3.58. The molecular weight excluding hydrogens is 292 g/mol. The largest absolute Gasteiger partial charge is 0.506 e. The summed E-state index contributed by atoms with van der Waals surface area (Å²) >= 11 is 5.81. The minimum atomic E-state index is -0.632. The number of anilines is 2. The van der Waals surface area contributed by atoms with Crippen LogP contribution in [-0.2, 0) is 4.79 Å². The van der Waals surface area contributed by atoms with E-state index in [1.54, 1.807) is 12.1 Å². The summed E-state index contributed by atoms with van der Waals surface area (Å²) in [6, 6.07) is 11.9. The highest BCUT2D eigenvalue weighted by Crippen LogP contribution is 2.29. The van der Waals surface area contributed by atoms with Crippen LogP contribution in [0.1, 0.15) is 0 Å². The molecule has 3 rings (SSSR count). The Hall–Kier alpha value is -2.40. The lowest BCUT2D eigenvalue weighted by atomic mass is 10.2. The standard InChI is InChI=1S/C15H13ClN2O3/c16-10-7-9(5-6-12(10)19)18-15(20)14-8-17-11-3-1-2-4-13(11)21-14/h1-7,14,17,19H,8H2,(H,18,20). The smallest absolute Gasteiger partial charge is 0.267 e. The van der Waals surface area contributed by atoms with Crippen molar-refractivity contribution in [2.24, 2.45) is 0 Å². The van der Waals surface area contributed by atoms with Crippen LogP contribution in [0.4, 0.5) is 11.4 Å². The quantitative estimate of drug-likeness (QED) is 0.746. The Morgan fingerprint density at radius 3 is 2.95 bits per heavy atom. The fourth-order valence-corrected chi connectivity index (χ4v) is 2.25. The summed E-state index contributed by atoms with van der Waals surface area (Å²) in [7, 11) is 0. The lowest BCUT2D eigenvalue weighted by Gasteiger charge is -2.26. The van der Waals surface area contributed by atoms with Gasteiger partial charge in [-0.25, -0.2) is 0 Å². The van der Waals surface area contributed by atoms with Gasteiger partial charge in [-0.2, -0.15) is 0 Å². The van der Waals surface area contributed by atoms with Crippen molar-refractivity contribution in [1.29, 1.82) is 0 Å². The molecule has 108 valence electrons. The summed E-state index contributed by atoms with van der Waals surface area (Å²) in [5.74, 6) is 0.338. The van der Waals surface area contributed by atoms with Crippen molar-refractivity contribution in [1.82, 2.24) is 0 Å². The van der Waals surface area contributed by atoms with E-state index in [-0.39, 0.29) is 16.7 Å². The van der Waals surface area contributed by atoms with Gasteiger partial charge in [0.15, 0.2) is 6.10 Å². The number of hydrogen-bond acceptors (Lipinski definition) is 4. The van der Waals surface area contributed by atoms with Crippen molar-refractivity contribution in [3.05, 3.63) is 47.5 Å². The molecule has 0 radical (unpaired) electrons. The fourth-order valence-electron chi connectivity index (χ4n) is 2.07. The van der Waals surface area contributed by atoms with Gasteiger partial charge in [-0.1, -0.05) is 23.7 Å². The van der Waals surface area contributed by atoms with E-state index in [4.69, 9.17) is 16.3 Å². The molecule has 0 aliphatic carbocycles. The van der Waals surface area contributed by atoms with Crippen molar-refractivity contribution < 1.29 is 14.6 Å². The van der Waals surface area contributed by atoms with E-state index in [0.29, 0.717) is 18.0 Å². The van der Waals surface area contributed by atoms with E-state index < -0.39 is 6.10 Å². The van der Waals surface area contributed by atoms with Crippen LogP contribution in [0.3, 0.4) is 0 Å². The highest BCUT2D eigenvalue weighted by atomic mass is 35.5. The number of carbonyl (C=O) groups is 1. The van der Waals surface area contributed by atoms with E-state index in [9.17, 15) is 9.90 Å². The van der Waals surface area contributed by atoms with Crippen LogP contribution in [-0.4, -0.2) is 23.7 Å². The monoisotopic (exact) mass is 304 g/mol. The predicted molar refractivity (Wildman–Crippen MR) is 81.1 cm³/mol. The number of aromatic hydroxyl groups is 1. The summed E-state index contributed by atoms with van der Waals surface area (Å²) < 4.78 is 5.66. The molecule has 0 aromatic heterocycles. The molecule has 0 fully saturated rings. The van der Waals surface area contributed by atoms with Gasteiger partial charge < -0.3 is 20.5 Å². The Morgan fingerprint density at radius 1 is 1.33 bits per heavy atom. The van der Waals surface area contributed by atoms with Gasteiger partial charge in [0, 0.05) is 5.69 Å². The second-order valence-corrected chi connectivity index (χ2v) is 5.05. The molecule has 1 amide bonds. The zero-order valence-electron chi connectivity index (χ0n) is 11.0. The molecule has 1 aliphatic rings. The van der Waals surface area contributed by atoms with Crippen LogP contribution in [0.15, 0.2) is 42.5 Å². The zero-order valence-corrected chi connectivity index (χ0v) is 11.7. The van der Waals surface area contributed by atoms with E-state index in [2.05, 4.69) is 10.6 Å². The third-order valence-corrected chi connectivity index (χ3v) is 3.44. The van der Waals surface area contributed by atoms with Gasteiger partial charge in [0.25, 0.3) is 5.91 Å². The molecule has 0 saturated heterocycles. The number of halogens is 1. The molecule has 0 saturated carbocycles. The number of para-hydroxylation sites is 2. The Bertz CT molecular complexity index is 690. The first-order valence-corrected chi connectivity index (χ1v) is 6.80. The number of phenols is 1. The van der Waals surface area contributed by atoms with Gasteiger partial charge in [-0.05, 0) is 30.3 Å². The Morgan fingerprint density at radius 2 is 2.14 bits per heavy atom. The number of nitrogens with one attached hydrogen (secondary N) is 2. The minimum absolute atomic E-state index is 0.0285. The highest BCUT2D eigenvalue weighted by molar-refractivity contribution is 6.32. The number of amides is 1. The normalized spacial score (nSPS) is 16.3. The van der Waals surface area contributed by atoms with Crippen LogP contribution in [0.2, 0.25) is 5.02 Å². The second-order valence-electron chi connectivity index (χ2n) is 4.64. The van der Waals surface area contributed by atoms with E-state index >= 15 is 0 Å². The van der Waals surface area contributed by atoms with Gasteiger partial charge >= 0.3 is 0 Å². The molecule has 3 N–H and O–H groups in total. The van der Waals surface area contributed by atoms with Gasteiger partial charge in [0.2, 0.25) is 0 Å². The van der Waals surface area contributed by atoms with Gasteiger partial charge in [-0.15, -0.1) is 0 Å². The number of rotatable bonds is 2. The number of benzene rings is 2. The number of phenolic OH excluding ortho intramolecular Hbond substituents is 1. The van der Waals surface area contributed by atoms with E-state index in [1.165, 1.54) is 12.1 Å². The first-order valence-electron chi connectivity index (χ1n) is 6.42. The van der Waals surface area contributed by atoms with Gasteiger partial charge in [0.05, 0.1) is 17.3 Å². The topological polar surface area (TPSA) is 70.6 Å². The number of fused-ring (bicyclic) bond motifs is 1. The molecule has 1 aliphatic heterocycles. The maximum absolute atomic E-state index is 12.2. The predicted octanol–water partition coefficient (Wildman–Crippen LogP) is 2.86. The van der Waals surface area contributed by atoms with E-state index in [1.807, 2.05) is 18.2 Å². The van der Waals surface area contributed by atoms with Crippen molar-refractivity contribution in [3.8, 4) is 11.5 Å². The molecule has 0 bridgehead atoms. The molecule has 6 heteroatoms. The van der Waals surface area contributed by atoms with Gasteiger partial charge in [0.1, 0.15) is 11.5 Å². The van der Waals surface area contributed by atoms with E-state index in [0.717, 1.165) is 5.69 Å². The number of ether oxygens (including phenoxy) is 1. The summed E-state index contributed by atoms with van der Waals surface area (Å²) in [6.07, 6.45) is -0.632. The van der Waals surface area contributed by atoms with Crippen molar-refractivity contribution >= 4 is 28.9 Å². The number of carbonyl (C=O) groups excluding carboxylic acids is 1. The van der Waals surface area contributed by atoms with Crippen molar-refractivity contribution in [2.75, 3.05) is 17.2 Å². The number of hydrogen-bond donors (Lipinski definition) is 3. The summed E-state index contributed by atoms with van der Waals surface area (Å²) in [6.45, 7) is 0.384. The third-order valence-electron chi connectivity index (χ3n) is 3.14. The first kappa shape index (κ1) is 13.6. The molecule has 5 nitrogen and oxygen atoms in total. The molecule has 21 heavy (non-hydrogen) atoms. The average Bonchev–Trinajstić information content (AvgIpc) is 2.50. The van der Waals surface area contributed by atoms with Crippen LogP contribution in [0.25, 0.3) is 0 Å². The zero-order chi connectivity index (χ0) is 14.8. The minimum Gasteiger partial charge on any atom is -0.506 e. The van der Waals surface area contributed by atoms with Crippen LogP contribution in [0, 0.1) is 0 Å².